The predicted molar refractivity (Wildman–Crippen MR) is 21.7 cm³/mol. The molecule has 0 N–H and O–H groups in total. The fourth-order valence-electron chi connectivity index (χ4n) is 0.203. The third kappa shape index (κ3) is 79.9. The molecule has 1 radical (unpaired) electrons. The number of aliphatic carboxylic acids is 1. The summed E-state index contributed by atoms with van der Waals surface area (Å²) in [5.41, 5.74) is 0. The molecule has 0 heterocycles. The quantitative estimate of drug-likeness (QED) is 0.467. The van der Waals surface area contributed by atoms with Crippen LogP contribution in [-0.2, 0) is 48.2 Å². The zero-order valence-corrected chi connectivity index (χ0v) is 8.93. The molecule has 7 nitrogen and oxygen atoms in total. The van der Waals surface area contributed by atoms with Gasteiger partial charge in [0.1, 0.15) is 5.78 Å². The van der Waals surface area contributed by atoms with Crippen molar-refractivity contribution in [1.29, 1.82) is 0 Å². The number of ketones is 1. The minimum absolute atomic E-state index is 0. The Kier molecular flexibility index (Phi) is 11.9. The van der Waals surface area contributed by atoms with Crippen molar-refractivity contribution in [3.63, 3.8) is 0 Å². The average molecular weight is 269 g/mol. The predicted octanol–water partition coefficient (Wildman–Crippen LogP) is -3.91. The first-order chi connectivity index (χ1) is 5.13. The van der Waals surface area contributed by atoms with Crippen molar-refractivity contribution in [3.8, 4) is 0 Å². The van der Waals surface area contributed by atoms with Crippen LogP contribution in [0.25, 0.3) is 0 Å². The van der Waals surface area contributed by atoms with Gasteiger partial charge in [-0.3, -0.25) is 4.79 Å². The first-order valence-electron chi connectivity index (χ1n) is 2.49. The van der Waals surface area contributed by atoms with Crippen molar-refractivity contribution in [1.82, 2.24) is 0 Å². The third-order valence-electron chi connectivity index (χ3n) is 0.393. The van der Waals surface area contributed by atoms with Gasteiger partial charge in [-0.25, -0.2) is 0 Å². The fraction of sp³-hybridized carbons (Fsp3) is 0.500. The molecule has 0 aromatic heterocycles. The van der Waals surface area contributed by atoms with Crippen LogP contribution in [0, 0.1) is 0 Å². The summed E-state index contributed by atoms with van der Waals surface area (Å²) in [5, 5.41) is 9.48. The standard InChI is InChI=1S/C4H6O3.2Cr.4O/c1-3(5)2-4(6)7;;;;;;/h2H2,1H3,(H,6,7);;;;;;/q;;+3;;;2*-1/p-1. The summed E-state index contributed by atoms with van der Waals surface area (Å²) in [4.78, 5) is 19.3. The van der Waals surface area contributed by atoms with Crippen molar-refractivity contribution >= 4 is 11.8 Å². The number of carbonyl (C=O) groups excluding carboxylic acids is 2. The van der Waals surface area contributed by atoms with E-state index in [1.807, 2.05) is 0 Å². The summed E-state index contributed by atoms with van der Waals surface area (Å²) >= 11 is -5.75. The van der Waals surface area contributed by atoms with Crippen LogP contribution in [0.3, 0.4) is 0 Å². The molecular formula is C4H5Cr2O7. The summed E-state index contributed by atoms with van der Waals surface area (Å²) in [6, 6.07) is 0. The molecule has 0 atom stereocenters. The van der Waals surface area contributed by atoms with Gasteiger partial charge in [-0.15, -0.1) is 0 Å². The van der Waals surface area contributed by atoms with Crippen molar-refractivity contribution in [2.75, 3.05) is 0 Å². The van der Waals surface area contributed by atoms with Crippen LogP contribution in [0.4, 0.5) is 0 Å². The Morgan fingerprint density at radius 1 is 1.23 bits per heavy atom. The second kappa shape index (κ2) is 8.33. The van der Waals surface area contributed by atoms with Crippen molar-refractivity contribution in [3.05, 3.63) is 0 Å². The van der Waals surface area contributed by atoms with E-state index in [4.69, 9.17) is 15.9 Å². The number of carboxylic acid groups (broad SMARTS) is 1. The summed E-state index contributed by atoms with van der Waals surface area (Å²) in [6.07, 6.45) is -0.472. The number of Topliss-reactive ketones (excluding diaryl/α,β-unsaturated/α-hetero) is 1. The molecule has 0 fully saturated rings. The normalized spacial score (nSPS) is 8.85. The number of carbonyl (C=O) groups is 2. The second-order valence-corrected chi connectivity index (χ2v) is 2.93. The molecule has 0 saturated heterocycles. The molecule has 0 aliphatic carbocycles. The zero-order chi connectivity index (χ0) is 10.4. The van der Waals surface area contributed by atoms with E-state index in [-0.39, 0.29) is 23.1 Å². The maximum atomic E-state index is 9.83. The van der Waals surface area contributed by atoms with Crippen LogP contribution in [0.1, 0.15) is 13.3 Å². The Morgan fingerprint density at radius 2 is 1.46 bits per heavy atom. The number of rotatable bonds is 2. The van der Waals surface area contributed by atoms with Gasteiger partial charge in [0.15, 0.2) is 0 Å². The van der Waals surface area contributed by atoms with Gasteiger partial charge in [0.05, 0.1) is 0 Å². The number of hydrogen-bond acceptors (Lipinski definition) is 7. The first-order valence-corrected chi connectivity index (χ1v) is 4.57. The SMILES string of the molecule is CC(=O)CC(=O)[O-].[Cr+3].[O]=[Cr](=[O])([O-])[O-]. The molecule has 9 heteroatoms. The average Bonchev–Trinajstić information content (AvgIpc) is 1.52. The van der Waals surface area contributed by atoms with E-state index in [1.54, 1.807) is 0 Å². The molecule has 0 amide bonds. The number of hydrogen-bond donors (Lipinski definition) is 0. The Balaban J connectivity index is -0.000000150. The zero-order valence-electron chi connectivity index (χ0n) is 6.38. The van der Waals surface area contributed by atoms with Gasteiger partial charge >= 0.3 is 46.9 Å². The van der Waals surface area contributed by atoms with E-state index >= 15 is 0 Å². The molecule has 0 spiro atoms. The molecule has 0 bridgehead atoms. The van der Waals surface area contributed by atoms with Crippen molar-refractivity contribution in [2.24, 2.45) is 0 Å². The maximum absolute atomic E-state index is 9.83. The van der Waals surface area contributed by atoms with Crippen molar-refractivity contribution in [2.45, 2.75) is 13.3 Å². The van der Waals surface area contributed by atoms with Crippen LogP contribution in [0.5, 0.6) is 0 Å². The number of carboxylic acids is 1. The van der Waals surface area contributed by atoms with Gasteiger partial charge in [-0.05, 0) is 6.92 Å². The van der Waals surface area contributed by atoms with E-state index in [0.29, 0.717) is 0 Å². The van der Waals surface area contributed by atoms with Crippen LogP contribution in [-0.4, -0.2) is 11.8 Å². The molecule has 0 rings (SSSR count). The van der Waals surface area contributed by atoms with Gasteiger partial charge < -0.3 is 9.90 Å². The van der Waals surface area contributed by atoms with Crippen LogP contribution in [0.15, 0.2) is 0 Å². The molecular weight excluding hydrogens is 264 g/mol. The topological polar surface area (TPSA) is 137 Å². The Bertz CT molecular complexity index is 234. The van der Waals surface area contributed by atoms with Crippen molar-refractivity contribution < 1.29 is 61.6 Å². The molecule has 13 heavy (non-hydrogen) atoms. The molecule has 0 aliphatic rings. The van der Waals surface area contributed by atoms with Crippen LogP contribution >= 0.6 is 0 Å². The van der Waals surface area contributed by atoms with Gasteiger partial charge in [-0.2, -0.15) is 0 Å². The molecule has 0 saturated carbocycles. The molecule has 0 aromatic rings. The first kappa shape index (κ1) is 18.5. The van der Waals surface area contributed by atoms with E-state index in [2.05, 4.69) is 0 Å². The summed E-state index contributed by atoms with van der Waals surface area (Å²) in [7, 11) is 0. The summed E-state index contributed by atoms with van der Waals surface area (Å²) < 4.78 is 34.4. The van der Waals surface area contributed by atoms with Gasteiger partial charge in [0.2, 0.25) is 0 Å². The van der Waals surface area contributed by atoms with E-state index in [9.17, 15) is 14.7 Å². The van der Waals surface area contributed by atoms with Crippen LogP contribution in [0.2, 0.25) is 0 Å². The second-order valence-electron chi connectivity index (χ2n) is 1.66. The fourth-order valence-corrected chi connectivity index (χ4v) is 0.203. The molecule has 0 unspecified atom stereocenters. The van der Waals surface area contributed by atoms with Crippen LogP contribution < -0.4 is 13.4 Å². The molecule has 0 aliphatic heterocycles. The Morgan fingerprint density at radius 3 is 1.46 bits per heavy atom. The van der Waals surface area contributed by atoms with Gasteiger partial charge in [0.25, 0.3) is 0 Å². The van der Waals surface area contributed by atoms with Gasteiger partial charge in [0, 0.05) is 12.4 Å². The third-order valence-corrected chi connectivity index (χ3v) is 0.393. The summed E-state index contributed by atoms with van der Waals surface area (Å²) in [5.74, 6) is -1.69. The monoisotopic (exact) mass is 269 g/mol. The Hall–Kier alpha value is -0.275. The van der Waals surface area contributed by atoms with E-state index in [1.165, 1.54) is 6.92 Å². The molecule has 0 aromatic carbocycles. The van der Waals surface area contributed by atoms with E-state index < -0.39 is 26.0 Å². The minimum atomic E-state index is -5.75. The van der Waals surface area contributed by atoms with Gasteiger partial charge in [-0.1, -0.05) is 0 Å². The Labute approximate surface area is 86.9 Å². The molecule has 75 valence electrons. The summed E-state index contributed by atoms with van der Waals surface area (Å²) in [6.45, 7) is 1.20. The van der Waals surface area contributed by atoms with E-state index in [0.717, 1.165) is 0 Å².